The van der Waals surface area contributed by atoms with Gasteiger partial charge in [0.25, 0.3) is 5.56 Å². The number of rotatable bonds is 4. The van der Waals surface area contributed by atoms with E-state index < -0.39 is 0 Å². The molecule has 0 spiro atoms. The van der Waals surface area contributed by atoms with Gasteiger partial charge >= 0.3 is 0 Å². The van der Waals surface area contributed by atoms with E-state index in [1.165, 1.54) is 0 Å². The van der Waals surface area contributed by atoms with E-state index in [1.54, 1.807) is 18.2 Å². The molecule has 4 nitrogen and oxygen atoms in total. The first-order valence-electron chi connectivity index (χ1n) is 5.95. The molecule has 0 radical (unpaired) electrons. The highest BCUT2D eigenvalue weighted by Crippen LogP contribution is 2.14. The maximum Gasteiger partial charge on any atom is 0.258 e. The van der Waals surface area contributed by atoms with Crippen molar-refractivity contribution in [3.05, 3.63) is 39.4 Å². The Morgan fingerprint density at radius 1 is 1.58 bits per heavy atom. The molecule has 1 atom stereocenters. The lowest BCUT2D eigenvalue weighted by Crippen LogP contribution is -2.27. The van der Waals surface area contributed by atoms with Crippen LogP contribution in [0.2, 0.25) is 5.02 Å². The van der Waals surface area contributed by atoms with Crippen molar-refractivity contribution < 1.29 is 0 Å². The van der Waals surface area contributed by atoms with E-state index in [2.05, 4.69) is 21.2 Å². The largest absolute Gasteiger partial charge is 0.309 e. The van der Waals surface area contributed by atoms with Crippen LogP contribution in [0.1, 0.15) is 19.2 Å². The Kier molecular flexibility index (Phi) is 4.20. The molecular weight excluding hydrogens is 262 g/mol. The van der Waals surface area contributed by atoms with Crippen molar-refractivity contribution in [3.63, 3.8) is 0 Å². The van der Waals surface area contributed by atoms with E-state index in [0.29, 0.717) is 34.7 Å². The molecule has 5 heteroatoms. The van der Waals surface area contributed by atoms with Crippen LogP contribution in [0.4, 0.5) is 0 Å². The molecule has 0 saturated carbocycles. The van der Waals surface area contributed by atoms with E-state index in [-0.39, 0.29) is 11.6 Å². The van der Waals surface area contributed by atoms with E-state index in [9.17, 15) is 4.79 Å². The Labute approximate surface area is 116 Å². The van der Waals surface area contributed by atoms with Crippen molar-refractivity contribution in [2.24, 2.45) is 0 Å². The summed E-state index contributed by atoms with van der Waals surface area (Å²) in [4.78, 5) is 19.0. The number of hydrogen-bond donors (Lipinski definition) is 2. The van der Waals surface area contributed by atoms with Crippen LogP contribution in [0.3, 0.4) is 0 Å². The molecule has 1 aromatic carbocycles. The average molecular weight is 276 g/mol. The lowest BCUT2D eigenvalue weighted by molar-refractivity contribution is 0.546. The maximum atomic E-state index is 11.9. The molecule has 0 bridgehead atoms. The van der Waals surface area contributed by atoms with Gasteiger partial charge in [-0.2, -0.15) is 0 Å². The fourth-order valence-electron chi connectivity index (χ4n) is 1.76. The first-order valence-corrected chi connectivity index (χ1v) is 6.33. The molecule has 0 aliphatic heterocycles. The zero-order valence-electron chi connectivity index (χ0n) is 10.5. The van der Waals surface area contributed by atoms with Gasteiger partial charge in [-0.05, 0) is 25.1 Å². The van der Waals surface area contributed by atoms with Gasteiger partial charge in [-0.3, -0.25) is 4.79 Å². The predicted octanol–water partition coefficient (Wildman–Crippen LogP) is 2.08. The first-order chi connectivity index (χ1) is 9.10. The van der Waals surface area contributed by atoms with Crippen LogP contribution in [0.15, 0.2) is 23.0 Å². The second-order valence-electron chi connectivity index (χ2n) is 4.36. The number of halogens is 1. The number of nitrogens with one attached hydrogen (secondary N) is 2. The monoisotopic (exact) mass is 275 g/mol. The highest BCUT2D eigenvalue weighted by Gasteiger charge is 2.05. The Morgan fingerprint density at radius 2 is 2.37 bits per heavy atom. The van der Waals surface area contributed by atoms with Gasteiger partial charge in [-0.1, -0.05) is 11.6 Å². The topological polar surface area (TPSA) is 57.8 Å². The second kappa shape index (κ2) is 5.87. The number of aromatic amines is 1. The van der Waals surface area contributed by atoms with Crippen LogP contribution in [-0.2, 0) is 6.54 Å². The van der Waals surface area contributed by atoms with Crippen molar-refractivity contribution >= 4 is 22.5 Å². The number of hydrogen-bond acceptors (Lipinski definition) is 3. The summed E-state index contributed by atoms with van der Waals surface area (Å²) in [5, 5.41) is 4.29. The SMILES string of the molecule is C#CCC(C)NCc1nc2cc(Cl)ccc2c(=O)[nH]1. The molecule has 0 saturated heterocycles. The molecule has 0 amide bonds. The van der Waals surface area contributed by atoms with E-state index in [4.69, 9.17) is 18.0 Å². The molecule has 0 fully saturated rings. The van der Waals surface area contributed by atoms with E-state index in [1.807, 2.05) is 6.92 Å². The minimum Gasteiger partial charge on any atom is -0.309 e. The molecule has 1 unspecified atom stereocenters. The molecule has 1 heterocycles. The molecule has 0 aliphatic carbocycles. The van der Waals surface area contributed by atoms with E-state index >= 15 is 0 Å². The van der Waals surface area contributed by atoms with Gasteiger partial charge in [-0.25, -0.2) is 4.98 Å². The van der Waals surface area contributed by atoms with Crippen LogP contribution in [0.5, 0.6) is 0 Å². The standard InChI is InChI=1S/C14H14ClN3O/c1-3-4-9(2)16-8-13-17-12-7-10(15)5-6-11(12)14(19)18-13/h1,5-7,9,16H,4,8H2,2H3,(H,17,18,19). The number of H-pyrrole nitrogens is 1. The quantitative estimate of drug-likeness (QED) is 0.840. The molecule has 19 heavy (non-hydrogen) atoms. The summed E-state index contributed by atoms with van der Waals surface area (Å²) in [5.74, 6) is 3.15. The molecule has 0 aliphatic rings. The number of aromatic nitrogens is 2. The number of terminal acetylenes is 1. The molecule has 98 valence electrons. The average Bonchev–Trinajstić information content (AvgIpc) is 2.36. The summed E-state index contributed by atoms with van der Waals surface area (Å²) >= 11 is 5.90. The van der Waals surface area contributed by atoms with Crippen LogP contribution in [0.25, 0.3) is 10.9 Å². The van der Waals surface area contributed by atoms with Gasteiger partial charge in [0.15, 0.2) is 0 Å². The lowest BCUT2D eigenvalue weighted by atomic mass is 10.2. The minimum atomic E-state index is -0.164. The predicted molar refractivity (Wildman–Crippen MR) is 77.1 cm³/mol. The van der Waals surface area contributed by atoms with Crippen molar-refractivity contribution in [1.29, 1.82) is 0 Å². The maximum absolute atomic E-state index is 11.9. The Bertz CT molecular complexity index is 687. The second-order valence-corrected chi connectivity index (χ2v) is 4.80. The minimum absolute atomic E-state index is 0.164. The lowest BCUT2D eigenvalue weighted by Gasteiger charge is -2.10. The summed E-state index contributed by atoms with van der Waals surface area (Å²) in [6.45, 7) is 2.44. The van der Waals surface area contributed by atoms with Crippen LogP contribution in [-0.4, -0.2) is 16.0 Å². The molecule has 2 aromatic rings. The number of nitrogens with zero attached hydrogens (tertiary/aromatic N) is 1. The van der Waals surface area contributed by atoms with Crippen LogP contribution in [0, 0.1) is 12.3 Å². The first kappa shape index (κ1) is 13.6. The summed E-state index contributed by atoms with van der Waals surface area (Å²) < 4.78 is 0. The fraction of sp³-hybridized carbons (Fsp3) is 0.286. The number of benzene rings is 1. The third kappa shape index (κ3) is 3.34. The zero-order valence-corrected chi connectivity index (χ0v) is 11.3. The van der Waals surface area contributed by atoms with Gasteiger partial charge in [0.1, 0.15) is 5.82 Å². The van der Waals surface area contributed by atoms with Crippen LogP contribution < -0.4 is 10.9 Å². The van der Waals surface area contributed by atoms with Crippen molar-refractivity contribution in [2.45, 2.75) is 25.9 Å². The summed E-state index contributed by atoms with van der Waals surface area (Å²) in [5.41, 5.74) is 0.431. The highest BCUT2D eigenvalue weighted by atomic mass is 35.5. The van der Waals surface area contributed by atoms with Crippen molar-refractivity contribution in [3.8, 4) is 12.3 Å². The Hall–Kier alpha value is -1.83. The summed E-state index contributed by atoms with van der Waals surface area (Å²) in [7, 11) is 0. The van der Waals surface area contributed by atoms with Gasteiger partial charge in [0.05, 0.1) is 17.4 Å². The molecule has 2 N–H and O–H groups in total. The fourth-order valence-corrected chi connectivity index (χ4v) is 1.93. The summed E-state index contributed by atoms with van der Waals surface area (Å²) in [6.07, 6.45) is 5.86. The highest BCUT2D eigenvalue weighted by molar-refractivity contribution is 6.31. The van der Waals surface area contributed by atoms with E-state index in [0.717, 1.165) is 0 Å². The van der Waals surface area contributed by atoms with Crippen LogP contribution >= 0.6 is 11.6 Å². The van der Waals surface area contributed by atoms with Gasteiger partial charge < -0.3 is 10.3 Å². The van der Waals surface area contributed by atoms with Crippen molar-refractivity contribution in [2.75, 3.05) is 0 Å². The van der Waals surface area contributed by atoms with Gasteiger partial charge in [0.2, 0.25) is 0 Å². The third-order valence-electron chi connectivity index (χ3n) is 2.76. The van der Waals surface area contributed by atoms with Crippen molar-refractivity contribution in [1.82, 2.24) is 15.3 Å². The summed E-state index contributed by atoms with van der Waals surface area (Å²) in [6, 6.07) is 5.20. The Morgan fingerprint density at radius 3 is 3.11 bits per heavy atom. The van der Waals surface area contributed by atoms with Gasteiger partial charge in [0, 0.05) is 17.5 Å². The normalized spacial score (nSPS) is 12.3. The Balaban J connectivity index is 2.25. The smallest absolute Gasteiger partial charge is 0.258 e. The molecular formula is C14H14ClN3O. The molecule has 2 rings (SSSR count). The number of fused-ring (bicyclic) bond motifs is 1. The third-order valence-corrected chi connectivity index (χ3v) is 2.99. The molecule has 1 aromatic heterocycles. The van der Waals surface area contributed by atoms with Gasteiger partial charge in [-0.15, -0.1) is 12.3 Å². The zero-order chi connectivity index (χ0) is 13.8.